The lowest BCUT2D eigenvalue weighted by molar-refractivity contribution is -0.385. The van der Waals surface area contributed by atoms with Crippen molar-refractivity contribution in [2.75, 3.05) is 19.0 Å². The molecule has 21 heavy (non-hydrogen) atoms. The van der Waals surface area contributed by atoms with Gasteiger partial charge in [0.2, 0.25) is 0 Å². The van der Waals surface area contributed by atoms with Crippen LogP contribution in [0.1, 0.15) is 11.8 Å². The summed E-state index contributed by atoms with van der Waals surface area (Å²) in [5, 5.41) is 14.7. The number of nitrogens with one attached hydrogen (secondary N) is 1. The molecule has 1 heterocycles. The predicted octanol–water partition coefficient (Wildman–Crippen LogP) is 3.07. The molecular weight excluding hydrogens is 294 g/mol. The van der Waals surface area contributed by atoms with Gasteiger partial charge in [-0.3, -0.25) is 10.1 Å². The zero-order chi connectivity index (χ0) is 15.2. The molecule has 0 atom stereocenters. The van der Waals surface area contributed by atoms with Crippen molar-refractivity contribution in [3.63, 3.8) is 0 Å². The number of ether oxygens (including phenoxy) is 2. The number of hydrogen-bond acceptors (Lipinski definition) is 7. The van der Waals surface area contributed by atoms with Gasteiger partial charge in [0, 0.05) is 18.8 Å². The van der Waals surface area contributed by atoms with E-state index in [2.05, 4.69) is 10.3 Å². The number of anilines is 1. The molecule has 8 heteroatoms. The van der Waals surface area contributed by atoms with E-state index < -0.39 is 4.92 Å². The molecule has 0 saturated heterocycles. The third-order valence-corrected chi connectivity index (χ3v) is 3.54. The van der Waals surface area contributed by atoms with Crippen molar-refractivity contribution in [1.29, 1.82) is 0 Å². The lowest BCUT2D eigenvalue weighted by Gasteiger charge is -2.09. The van der Waals surface area contributed by atoms with E-state index in [1.807, 2.05) is 6.92 Å². The minimum absolute atomic E-state index is 0.0357. The smallest absolute Gasteiger partial charge is 0.273 e. The summed E-state index contributed by atoms with van der Waals surface area (Å²) in [5.41, 5.74) is -0.0357. The first-order chi connectivity index (χ1) is 10.1. The van der Waals surface area contributed by atoms with Gasteiger partial charge in [-0.25, -0.2) is 4.98 Å². The molecule has 0 aliphatic rings. The molecular formula is C13H15N3O4S. The van der Waals surface area contributed by atoms with E-state index in [-0.39, 0.29) is 5.69 Å². The second-order valence-corrected chi connectivity index (χ2v) is 5.16. The Labute approximate surface area is 125 Å². The Morgan fingerprint density at radius 3 is 2.90 bits per heavy atom. The van der Waals surface area contributed by atoms with Crippen LogP contribution < -0.4 is 14.8 Å². The predicted molar refractivity (Wildman–Crippen MR) is 80.3 cm³/mol. The number of hydrogen-bond donors (Lipinski definition) is 1. The number of rotatable bonds is 7. The summed E-state index contributed by atoms with van der Waals surface area (Å²) in [6.45, 7) is 3.14. The lowest BCUT2D eigenvalue weighted by Crippen LogP contribution is -1.97. The maximum Gasteiger partial charge on any atom is 0.273 e. The number of methoxy groups -OCH3 is 1. The molecule has 0 radical (unpaired) electrons. The summed E-state index contributed by atoms with van der Waals surface area (Å²) in [4.78, 5) is 15.4. The Morgan fingerprint density at radius 1 is 1.43 bits per heavy atom. The van der Waals surface area contributed by atoms with Crippen molar-refractivity contribution < 1.29 is 14.4 Å². The van der Waals surface area contributed by atoms with E-state index in [1.165, 1.54) is 36.6 Å². The van der Waals surface area contributed by atoms with Crippen LogP contribution in [0.25, 0.3) is 0 Å². The molecule has 0 aliphatic heterocycles. The maximum atomic E-state index is 10.7. The van der Waals surface area contributed by atoms with E-state index in [1.54, 1.807) is 6.20 Å². The van der Waals surface area contributed by atoms with Gasteiger partial charge in [-0.05, 0) is 13.0 Å². The van der Waals surface area contributed by atoms with Crippen LogP contribution in [0, 0.1) is 10.1 Å². The first-order valence-electron chi connectivity index (χ1n) is 6.27. The van der Waals surface area contributed by atoms with Crippen molar-refractivity contribution in [1.82, 2.24) is 4.98 Å². The molecule has 0 spiro atoms. The highest BCUT2D eigenvalue weighted by atomic mass is 32.1. The van der Waals surface area contributed by atoms with E-state index in [9.17, 15) is 10.1 Å². The van der Waals surface area contributed by atoms with Crippen LogP contribution in [0.2, 0.25) is 0 Å². The van der Waals surface area contributed by atoms with E-state index >= 15 is 0 Å². The molecule has 0 fully saturated rings. The molecule has 2 rings (SSSR count). The number of aromatic nitrogens is 1. The Kier molecular flexibility index (Phi) is 4.94. The number of nitrogens with zero attached hydrogens (tertiary/aromatic N) is 2. The van der Waals surface area contributed by atoms with Gasteiger partial charge in [0.15, 0.2) is 16.6 Å². The van der Waals surface area contributed by atoms with Gasteiger partial charge in [0.1, 0.15) is 6.61 Å². The van der Waals surface area contributed by atoms with Gasteiger partial charge in [-0.1, -0.05) is 11.3 Å². The van der Waals surface area contributed by atoms with Gasteiger partial charge >= 0.3 is 0 Å². The van der Waals surface area contributed by atoms with Crippen LogP contribution in [0.15, 0.2) is 24.4 Å². The van der Waals surface area contributed by atoms with Crippen molar-refractivity contribution in [3.05, 3.63) is 39.4 Å². The van der Waals surface area contributed by atoms with Crippen LogP contribution in [0.4, 0.5) is 10.8 Å². The van der Waals surface area contributed by atoms with Gasteiger partial charge < -0.3 is 14.8 Å². The second-order valence-electron chi connectivity index (χ2n) is 4.04. The number of thiazole rings is 1. The van der Waals surface area contributed by atoms with Crippen LogP contribution >= 0.6 is 11.3 Å². The van der Waals surface area contributed by atoms with Crippen molar-refractivity contribution in [2.45, 2.75) is 13.5 Å². The van der Waals surface area contributed by atoms with Gasteiger partial charge in [0.05, 0.1) is 23.0 Å². The standard InChI is InChI=1S/C13H15N3O4S/c1-3-14-13-15-7-10(21-13)8-20-11-5-4-9(16(17)18)6-12(11)19-2/h4-7H,3,8H2,1-2H3,(H,14,15). The number of nitro groups is 1. The summed E-state index contributed by atoms with van der Waals surface area (Å²) in [5.74, 6) is 0.794. The SMILES string of the molecule is CCNc1ncc(COc2ccc([N+](=O)[O-])cc2OC)s1. The highest BCUT2D eigenvalue weighted by Gasteiger charge is 2.12. The fourth-order valence-corrected chi connectivity index (χ4v) is 2.44. The second kappa shape index (κ2) is 6.89. The summed E-state index contributed by atoms with van der Waals surface area (Å²) < 4.78 is 10.7. The monoisotopic (exact) mass is 309 g/mol. The zero-order valence-electron chi connectivity index (χ0n) is 11.7. The van der Waals surface area contributed by atoms with Crippen LogP contribution in [-0.4, -0.2) is 23.6 Å². The van der Waals surface area contributed by atoms with Gasteiger partial charge in [0.25, 0.3) is 5.69 Å². The summed E-state index contributed by atoms with van der Waals surface area (Å²) in [6.07, 6.45) is 1.74. The average molecular weight is 309 g/mol. The molecule has 0 unspecified atom stereocenters. The first-order valence-corrected chi connectivity index (χ1v) is 7.09. The highest BCUT2D eigenvalue weighted by molar-refractivity contribution is 7.15. The maximum absolute atomic E-state index is 10.7. The quantitative estimate of drug-likeness (QED) is 0.625. The van der Waals surface area contributed by atoms with E-state index in [0.29, 0.717) is 18.1 Å². The number of benzene rings is 1. The summed E-state index contributed by atoms with van der Waals surface area (Å²) >= 11 is 1.50. The van der Waals surface area contributed by atoms with Gasteiger partial charge in [-0.15, -0.1) is 0 Å². The molecule has 1 aromatic heterocycles. The molecule has 1 aromatic carbocycles. The molecule has 0 saturated carbocycles. The molecule has 7 nitrogen and oxygen atoms in total. The van der Waals surface area contributed by atoms with Crippen LogP contribution in [0.5, 0.6) is 11.5 Å². The van der Waals surface area contributed by atoms with Crippen LogP contribution in [-0.2, 0) is 6.61 Å². The van der Waals surface area contributed by atoms with E-state index in [0.717, 1.165) is 16.6 Å². The minimum atomic E-state index is -0.474. The lowest BCUT2D eigenvalue weighted by atomic mass is 10.3. The molecule has 0 aliphatic carbocycles. The fraction of sp³-hybridized carbons (Fsp3) is 0.308. The summed E-state index contributed by atoms with van der Waals surface area (Å²) in [7, 11) is 1.45. The molecule has 1 N–H and O–H groups in total. The Morgan fingerprint density at radius 2 is 2.24 bits per heavy atom. The topological polar surface area (TPSA) is 86.5 Å². The molecule has 112 valence electrons. The van der Waals surface area contributed by atoms with E-state index in [4.69, 9.17) is 9.47 Å². The van der Waals surface area contributed by atoms with Crippen molar-refractivity contribution >= 4 is 22.2 Å². The Bertz CT molecular complexity index is 630. The largest absolute Gasteiger partial charge is 0.493 e. The third-order valence-electron chi connectivity index (χ3n) is 2.61. The molecule has 2 aromatic rings. The molecule has 0 amide bonds. The zero-order valence-corrected chi connectivity index (χ0v) is 12.5. The minimum Gasteiger partial charge on any atom is -0.493 e. The Balaban J connectivity index is 2.06. The summed E-state index contributed by atoms with van der Waals surface area (Å²) in [6, 6.07) is 4.25. The third kappa shape index (κ3) is 3.82. The van der Waals surface area contributed by atoms with Crippen LogP contribution in [0.3, 0.4) is 0 Å². The number of nitro benzene ring substituents is 1. The first kappa shape index (κ1) is 15.0. The van der Waals surface area contributed by atoms with Crippen molar-refractivity contribution in [2.24, 2.45) is 0 Å². The van der Waals surface area contributed by atoms with Crippen molar-refractivity contribution in [3.8, 4) is 11.5 Å². The average Bonchev–Trinajstić information content (AvgIpc) is 2.93. The Hall–Kier alpha value is -2.35. The highest BCUT2D eigenvalue weighted by Crippen LogP contribution is 2.32. The normalized spacial score (nSPS) is 10.2. The molecule has 0 bridgehead atoms. The van der Waals surface area contributed by atoms with Gasteiger partial charge in [-0.2, -0.15) is 0 Å². The number of non-ortho nitro benzene ring substituents is 1. The fourth-order valence-electron chi connectivity index (χ4n) is 1.65.